The number of hydrogen-bond acceptors (Lipinski definition) is 8. The van der Waals surface area contributed by atoms with Crippen LogP contribution in [0.25, 0.3) is 0 Å². The van der Waals surface area contributed by atoms with Crippen LogP contribution < -0.4 is 5.32 Å². The van der Waals surface area contributed by atoms with Crippen molar-refractivity contribution in [1.29, 1.82) is 0 Å². The van der Waals surface area contributed by atoms with Crippen molar-refractivity contribution in [3.8, 4) is 0 Å². The van der Waals surface area contributed by atoms with Crippen molar-refractivity contribution < 1.29 is 19.2 Å². The molecule has 1 fully saturated rings. The van der Waals surface area contributed by atoms with E-state index >= 15 is 0 Å². The van der Waals surface area contributed by atoms with Gasteiger partial charge in [-0.3, -0.25) is 4.79 Å². The number of imidazole rings is 1. The number of rotatable bonds is 5. The fraction of sp³-hybridized carbons (Fsp3) is 0.615. The lowest BCUT2D eigenvalue weighted by Gasteiger charge is -2.19. The number of amides is 1. The Balaban J connectivity index is 1.91. The number of aryl methyl sites for hydroxylation is 1. The number of aromatic nitrogens is 2. The SMILES string of the molecule is Cc1cnc([N+](=O)[O-])n1CCOC(=O)[C@@H]1CSSC(C)(C)C(=O)N1. The summed E-state index contributed by atoms with van der Waals surface area (Å²) in [5, 5.41) is 13.5. The predicted octanol–water partition coefficient (Wildman–Crippen LogP) is 1.30. The first-order valence-corrected chi connectivity index (χ1v) is 9.49. The van der Waals surface area contributed by atoms with Gasteiger partial charge in [0, 0.05) is 5.75 Å². The summed E-state index contributed by atoms with van der Waals surface area (Å²) in [6.07, 6.45) is 1.39. The highest BCUT2D eigenvalue weighted by Gasteiger charge is 2.36. The van der Waals surface area contributed by atoms with E-state index in [9.17, 15) is 19.7 Å². The molecule has 1 N–H and O–H groups in total. The summed E-state index contributed by atoms with van der Waals surface area (Å²) in [6.45, 7) is 5.35. The molecule has 0 spiro atoms. The summed E-state index contributed by atoms with van der Waals surface area (Å²) in [5.41, 5.74) is 0.606. The van der Waals surface area contributed by atoms with E-state index in [0.717, 1.165) is 0 Å². The Morgan fingerprint density at radius 2 is 2.33 bits per heavy atom. The lowest BCUT2D eigenvalue weighted by molar-refractivity contribution is -0.396. The van der Waals surface area contributed by atoms with Crippen molar-refractivity contribution in [3.63, 3.8) is 0 Å². The van der Waals surface area contributed by atoms with Gasteiger partial charge in [-0.15, -0.1) is 0 Å². The first-order valence-electron chi connectivity index (χ1n) is 7.17. The van der Waals surface area contributed by atoms with E-state index < -0.39 is 21.7 Å². The van der Waals surface area contributed by atoms with Crippen LogP contribution in [0.15, 0.2) is 6.20 Å². The molecule has 1 aromatic heterocycles. The summed E-state index contributed by atoms with van der Waals surface area (Å²) >= 11 is 0. The number of nitrogens with zero attached hydrogens (tertiary/aromatic N) is 3. The third-order valence-corrected chi connectivity index (χ3v) is 6.60. The fourth-order valence-corrected chi connectivity index (χ4v) is 4.57. The zero-order chi connectivity index (χ0) is 17.9. The third kappa shape index (κ3) is 4.20. The molecular formula is C13H18N4O5S2. The van der Waals surface area contributed by atoms with Crippen LogP contribution in [0.3, 0.4) is 0 Å². The van der Waals surface area contributed by atoms with E-state index in [1.807, 2.05) is 0 Å². The van der Waals surface area contributed by atoms with Gasteiger partial charge in [0.25, 0.3) is 0 Å². The smallest absolute Gasteiger partial charge is 0.434 e. The van der Waals surface area contributed by atoms with Gasteiger partial charge in [0.05, 0.1) is 4.75 Å². The third-order valence-electron chi connectivity index (χ3n) is 3.40. The van der Waals surface area contributed by atoms with Gasteiger partial charge < -0.3 is 20.2 Å². The number of carbonyl (C=O) groups excluding carboxylic acids is 2. The minimum absolute atomic E-state index is 0.0373. The number of nitrogens with one attached hydrogen (secondary N) is 1. The zero-order valence-electron chi connectivity index (χ0n) is 13.5. The number of nitro groups is 1. The second kappa shape index (κ2) is 7.43. The Morgan fingerprint density at radius 1 is 1.62 bits per heavy atom. The molecule has 0 aromatic carbocycles. The zero-order valence-corrected chi connectivity index (χ0v) is 15.1. The molecule has 11 heteroatoms. The number of carbonyl (C=O) groups is 2. The maximum Gasteiger partial charge on any atom is 0.434 e. The van der Waals surface area contributed by atoms with Crippen LogP contribution in [0, 0.1) is 17.0 Å². The summed E-state index contributed by atoms with van der Waals surface area (Å²) in [5.74, 6) is -0.654. The first kappa shape index (κ1) is 18.6. The minimum atomic E-state index is -0.726. The monoisotopic (exact) mass is 374 g/mol. The highest BCUT2D eigenvalue weighted by atomic mass is 33.1. The summed E-state index contributed by atoms with van der Waals surface area (Å²) < 4.78 is 5.92. The average Bonchev–Trinajstić information content (AvgIpc) is 2.80. The molecule has 0 unspecified atom stereocenters. The molecule has 0 aliphatic carbocycles. The first-order chi connectivity index (χ1) is 11.2. The summed E-state index contributed by atoms with van der Waals surface area (Å²) in [6, 6.07) is -0.726. The Hall–Kier alpha value is -1.75. The van der Waals surface area contributed by atoms with Crippen LogP contribution in [0.2, 0.25) is 0 Å². The molecule has 0 bridgehead atoms. The van der Waals surface area contributed by atoms with Gasteiger partial charge in [0.2, 0.25) is 5.91 Å². The van der Waals surface area contributed by atoms with Crippen molar-refractivity contribution in [2.45, 2.75) is 38.1 Å². The topological polar surface area (TPSA) is 116 Å². The van der Waals surface area contributed by atoms with Crippen LogP contribution in [0.1, 0.15) is 19.5 Å². The van der Waals surface area contributed by atoms with Gasteiger partial charge in [-0.2, -0.15) is 0 Å². The largest absolute Gasteiger partial charge is 0.461 e. The molecule has 1 aliphatic heterocycles. The van der Waals surface area contributed by atoms with Crippen LogP contribution in [0.5, 0.6) is 0 Å². The molecule has 1 amide bonds. The van der Waals surface area contributed by atoms with Gasteiger partial charge >= 0.3 is 11.9 Å². The molecule has 1 aromatic rings. The van der Waals surface area contributed by atoms with Gasteiger partial charge in [-0.1, -0.05) is 26.6 Å². The molecule has 24 heavy (non-hydrogen) atoms. The lowest BCUT2D eigenvalue weighted by Crippen LogP contribution is -2.48. The van der Waals surface area contributed by atoms with Crippen molar-refractivity contribution >= 4 is 39.4 Å². The van der Waals surface area contributed by atoms with E-state index in [-0.39, 0.29) is 25.0 Å². The molecular weight excluding hydrogens is 356 g/mol. The maximum atomic E-state index is 12.1. The molecule has 0 saturated carbocycles. The predicted molar refractivity (Wildman–Crippen MR) is 90.6 cm³/mol. The van der Waals surface area contributed by atoms with Gasteiger partial charge in [0.1, 0.15) is 31.1 Å². The minimum Gasteiger partial charge on any atom is -0.461 e. The molecule has 132 valence electrons. The molecule has 0 radical (unpaired) electrons. The highest BCUT2D eigenvalue weighted by molar-refractivity contribution is 8.77. The van der Waals surface area contributed by atoms with E-state index in [4.69, 9.17) is 4.74 Å². The molecule has 9 nitrogen and oxygen atoms in total. The normalized spacial score (nSPS) is 20.1. The quantitative estimate of drug-likeness (QED) is 0.355. The van der Waals surface area contributed by atoms with Gasteiger partial charge in [0.15, 0.2) is 0 Å². The Morgan fingerprint density at radius 3 is 3.00 bits per heavy atom. The standard InChI is InChI=1S/C13H18N4O5S2/c1-8-6-14-12(17(20)21)16(8)4-5-22-10(18)9-7-23-24-13(2,3)11(19)15-9/h6,9H,4-5,7H2,1-3H3,(H,15,19)/t9-/m0/s1. The molecule has 1 aliphatic rings. The van der Waals surface area contributed by atoms with E-state index in [1.54, 1.807) is 20.8 Å². The number of hydrogen-bond donors (Lipinski definition) is 1. The average molecular weight is 374 g/mol. The lowest BCUT2D eigenvalue weighted by atomic mass is 10.2. The number of esters is 1. The fourth-order valence-electron chi connectivity index (χ4n) is 2.00. The number of ether oxygens (including phenoxy) is 1. The van der Waals surface area contributed by atoms with E-state index in [0.29, 0.717) is 11.4 Å². The Kier molecular flexibility index (Phi) is 5.75. The summed E-state index contributed by atoms with van der Waals surface area (Å²) in [7, 11) is 2.84. The molecule has 1 saturated heterocycles. The molecule has 2 rings (SSSR count). The Bertz CT molecular complexity index is 661. The van der Waals surface area contributed by atoms with Gasteiger partial charge in [-0.05, 0) is 25.7 Å². The van der Waals surface area contributed by atoms with Crippen molar-refractivity contribution in [3.05, 3.63) is 22.0 Å². The van der Waals surface area contributed by atoms with E-state index in [1.165, 1.54) is 32.4 Å². The van der Waals surface area contributed by atoms with Crippen LogP contribution in [0.4, 0.5) is 5.95 Å². The van der Waals surface area contributed by atoms with Crippen LogP contribution in [-0.2, 0) is 20.9 Å². The van der Waals surface area contributed by atoms with Crippen LogP contribution in [-0.4, -0.2) is 49.5 Å². The molecule has 1 atom stereocenters. The van der Waals surface area contributed by atoms with Crippen molar-refractivity contribution in [2.75, 3.05) is 12.4 Å². The Labute approximate surface area is 146 Å². The molecule has 2 heterocycles. The summed E-state index contributed by atoms with van der Waals surface area (Å²) in [4.78, 5) is 38.1. The van der Waals surface area contributed by atoms with Crippen LogP contribution >= 0.6 is 21.6 Å². The second-order valence-corrected chi connectivity index (χ2v) is 8.64. The van der Waals surface area contributed by atoms with E-state index in [2.05, 4.69) is 10.3 Å². The second-order valence-electron chi connectivity index (χ2n) is 5.68. The van der Waals surface area contributed by atoms with Crippen molar-refractivity contribution in [2.24, 2.45) is 0 Å². The highest BCUT2D eigenvalue weighted by Crippen LogP contribution is 2.38. The van der Waals surface area contributed by atoms with Gasteiger partial charge in [-0.25, -0.2) is 9.36 Å². The van der Waals surface area contributed by atoms with Crippen molar-refractivity contribution in [1.82, 2.24) is 14.9 Å². The maximum absolute atomic E-state index is 12.1.